The minimum Gasteiger partial charge on any atom is -0.340 e. The molecule has 2 aromatic carbocycles. The van der Waals surface area contributed by atoms with Crippen molar-refractivity contribution in [1.29, 1.82) is 0 Å². The van der Waals surface area contributed by atoms with Gasteiger partial charge in [0.05, 0.1) is 5.56 Å². The lowest BCUT2D eigenvalue weighted by Crippen LogP contribution is -2.12. The van der Waals surface area contributed by atoms with Crippen molar-refractivity contribution in [2.24, 2.45) is 0 Å². The molecule has 0 aliphatic carbocycles. The Kier molecular flexibility index (Phi) is 5.21. The number of hydrogen-bond acceptors (Lipinski definition) is 4. The number of halogens is 2. The lowest BCUT2D eigenvalue weighted by atomic mass is 10.1. The summed E-state index contributed by atoms with van der Waals surface area (Å²) in [5, 5.41) is 5.51. The molecule has 27 heavy (non-hydrogen) atoms. The number of aromatic nitrogens is 1. The molecule has 0 saturated carbocycles. The lowest BCUT2D eigenvalue weighted by Gasteiger charge is -2.08. The minimum absolute atomic E-state index is 0.0455. The topological polar surface area (TPSA) is 71.1 Å². The predicted molar refractivity (Wildman–Crippen MR) is 98.3 cm³/mol. The van der Waals surface area contributed by atoms with Crippen LogP contribution in [0.3, 0.4) is 0 Å². The van der Waals surface area contributed by atoms with Gasteiger partial charge in [0, 0.05) is 29.2 Å². The molecule has 1 amide bonds. The average Bonchev–Trinajstić information content (AvgIpc) is 2.65. The van der Waals surface area contributed by atoms with Crippen molar-refractivity contribution in [1.82, 2.24) is 4.98 Å². The van der Waals surface area contributed by atoms with Gasteiger partial charge in [-0.2, -0.15) is 0 Å². The molecule has 5 nitrogen and oxygen atoms in total. The molecule has 0 saturated heterocycles. The van der Waals surface area contributed by atoms with Crippen molar-refractivity contribution < 1.29 is 18.4 Å². The number of anilines is 3. The van der Waals surface area contributed by atoms with E-state index in [2.05, 4.69) is 15.6 Å². The first-order valence-electron chi connectivity index (χ1n) is 8.03. The smallest absolute Gasteiger partial charge is 0.257 e. The summed E-state index contributed by atoms with van der Waals surface area (Å²) in [5.74, 6) is -2.09. The quantitative estimate of drug-likeness (QED) is 0.649. The van der Waals surface area contributed by atoms with Crippen LogP contribution in [0, 0.1) is 11.6 Å². The largest absolute Gasteiger partial charge is 0.340 e. The highest BCUT2D eigenvalue weighted by Crippen LogP contribution is 2.18. The molecule has 0 aliphatic heterocycles. The maximum absolute atomic E-state index is 13.2. The first-order valence-corrected chi connectivity index (χ1v) is 8.03. The standard InChI is InChI=1S/C20H15F2N3O2/c1-12(26)13-3-2-4-15(9-13)24-19-8-5-14(11-23-19)20(27)25-16-6-7-17(21)18(22)10-16/h2-11H,1H3,(H,23,24)(H,25,27). The highest BCUT2D eigenvalue weighted by atomic mass is 19.2. The van der Waals surface area contributed by atoms with Crippen molar-refractivity contribution in [3.05, 3.63) is 83.6 Å². The van der Waals surface area contributed by atoms with E-state index in [0.29, 0.717) is 17.1 Å². The number of ketones is 1. The van der Waals surface area contributed by atoms with Gasteiger partial charge in [0.15, 0.2) is 17.4 Å². The molecule has 7 heteroatoms. The summed E-state index contributed by atoms with van der Waals surface area (Å²) in [6, 6.07) is 13.2. The minimum atomic E-state index is -1.04. The first kappa shape index (κ1) is 18.2. The molecule has 0 bridgehead atoms. The van der Waals surface area contributed by atoms with Gasteiger partial charge in [-0.15, -0.1) is 0 Å². The average molecular weight is 367 g/mol. The Balaban J connectivity index is 1.69. The maximum atomic E-state index is 13.2. The van der Waals surface area contributed by atoms with Crippen LogP contribution in [0.4, 0.5) is 26.0 Å². The molecule has 3 rings (SSSR count). The molecule has 0 unspecified atom stereocenters. The third kappa shape index (κ3) is 4.52. The maximum Gasteiger partial charge on any atom is 0.257 e. The number of nitrogens with one attached hydrogen (secondary N) is 2. The van der Waals surface area contributed by atoms with Crippen molar-refractivity contribution in [2.75, 3.05) is 10.6 Å². The van der Waals surface area contributed by atoms with Gasteiger partial charge < -0.3 is 10.6 Å². The number of pyridine rings is 1. The van der Waals surface area contributed by atoms with Gasteiger partial charge in [0.1, 0.15) is 5.82 Å². The van der Waals surface area contributed by atoms with Crippen LogP contribution >= 0.6 is 0 Å². The van der Waals surface area contributed by atoms with E-state index in [9.17, 15) is 18.4 Å². The second-order valence-electron chi connectivity index (χ2n) is 5.78. The van der Waals surface area contributed by atoms with Crippen LogP contribution in [-0.4, -0.2) is 16.7 Å². The number of rotatable bonds is 5. The summed E-state index contributed by atoms with van der Waals surface area (Å²) in [7, 11) is 0. The Morgan fingerprint density at radius 2 is 1.70 bits per heavy atom. The van der Waals surface area contributed by atoms with Crippen LogP contribution in [0.15, 0.2) is 60.8 Å². The lowest BCUT2D eigenvalue weighted by molar-refractivity contribution is 0.101. The molecule has 3 aromatic rings. The van der Waals surface area contributed by atoms with E-state index in [0.717, 1.165) is 12.1 Å². The number of carbonyl (C=O) groups excluding carboxylic acids is 2. The monoisotopic (exact) mass is 367 g/mol. The molecule has 1 heterocycles. The van der Waals surface area contributed by atoms with Crippen LogP contribution in [0.1, 0.15) is 27.6 Å². The molecule has 0 fully saturated rings. The summed E-state index contributed by atoms with van der Waals surface area (Å²) in [6.07, 6.45) is 1.35. The van der Waals surface area contributed by atoms with E-state index in [1.165, 1.54) is 19.2 Å². The van der Waals surface area contributed by atoms with Gasteiger partial charge in [-0.05, 0) is 43.3 Å². The van der Waals surface area contributed by atoms with Gasteiger partial charge in [0.25, 0.3) is 5.91 Å². The fraction of sp³-hybridized carbons (Fsp3) is 0.0500. The predicted octanol–water partition coefficient (Wildman–Crippen LogP) is 4.56. The van der Waals surface area contributed by atoms with Gasteiger partial charge in [-0.25, -0.2) is 13.8 Å². The Hall–Kier alpha value is -3.61. The number of nitrogens with zero attached hydrogens (tertiary/aromatic N) is 1. The normalized spacial score (nSPS) is 10.3. The molecule has 2 N–H and O–H groups in total. The van der Waals surface area contributed by atoms with E-state index < -0.39 is 17.5 Å². The molecule has 1 aromatic heterocycles. The summed E-state index contributed by atoms with van der Waals surface area (Å²) in [5.41, 5.74) is 1.65. The summed E-state index contributed by atoms with van der Waals surface area (Å²) in [4.78, 5) is 27.8. The number of hydrogen-bond donors (Lipinski definition) is 2. The van der Waals surface area contributed by atoms with E-state index in [-0.39, 0.29) is 17.0 Å². The van der Waals surface area contributed by atoms with E-state index in [1.54, 1.807) is 36.4 Å². The van der Waals surface area contributed by atoms with Crippen molar-refractivity contribution in [2.45, 2.75) is 6.92 Å². The van der Waals surface area contributed by atoms with Crippen LogP contribution in [0.5, 0.6) is 0 Å². The Labute approximate surface area is 154 Å². The summed E-state index contributed by atoms with van der Waals surface area (Å²) < 4.78 is 26.1. The molecule has 0 atom stereocenters. The Bertz CT molecular complexity index is 1000. The van der Waals surface area contributed by atoms with Gasteiger partial charge >= 0.3 is 0 Å². The first-order chi connectivity index (χ1) is 12.9. The Morgan fingerprint density at radius 3 is 2.37 bits per heavy atom. The van der Waals surface area contributed by atoms with Gasteiger partial charge in [-0.3, -0.25) is 9.59 Å². The highest BCUT2D eigenvalue weighted by Gasteiger charge is 2.09. The third-order valence-electron chi connectivity index (χ3n) is 3.74. The number of benzene rings is 2. The molecule has 136 valence electrons. The number of carbonyl (C=O) groups is 2. The van der Waals surface area contributed by atoms with Crippen LogP contribution in [-0.2, 0) is 0 Å². The molecule has 0 spiro atoms. The van der Waals surface area contributed by atoms with E-state index in [1.807, 2.05) is 0 Å². The molecular formula is C20H15F2N3O2. The fourth-order valence-electron chi connectivity index (χ4n) is 2.34. The van der Waals surface area contributed by atoms with Gasteiger partial charge in [0.2, 0.25) is 0 Å². The summed E-state index contributed by atoms with van der Waals surface area (Å²) >= 11 is 0. The molecule has 0 radical (unpaired) electrons. The third-order valence-corrected chi connectivity index (χ3v) is 3.74. The van der Waals surface area contributed by atoms with Crippen molar-refractivity contribution in [3.63, 3.8) is 0 Å². The van der Waals surface area contributed by atoms with Crippen molar-refractivity contribution in [3.8, 4) is 0 Å². The van der Waals surface area contributed by atoms with Crippen LogP contribution in [0.25, 0.3) is 0 Å². The molecule has 0 aliphatic rings. The van der Waals surface area contributed by atoms with Crippen LogP contribution in [0.2, 0.25) is 0 Å². The van der Waals surface area contributed by atoms with E-state index in [4.69, 9.17) is 0 Å². The van der Waals surface area contributed by atoms with E-state index >= 15 is 0 Å². The number of amides is 1. The highest BCUT2D eigenvalue weighted by molar-refractivity contribution is 6.04. The van der Waals surface area contributed by atoms with Gasteiger partial charge in [-0.1, -0.05) is 12.1 Å². The summed E-state index contributed by atoms with van der Waals surface area (Å²) in [6.45, 7) is 1.48. The zero-order chi connectivity index (χ0) is 19.4. The fourth-order valence-corrected chi connectivity index (χ4v) is 2.34. The molecular weight excluding hydrogens is 352 g/mol. The number of Topliss-reactive ketones (excluding diaryl/α,β-unsaturated/α-hetero) is 1. The second-order valence-corrected chi connectivity index (χ2v) is 5.78. The second kappa shape index (κ2) is 7.74. The van der Waals surface area contributed by atoms with Crippen molar-refractivity contribution >= 4 is 28.9 Å². The Morgan fingerprint density at radius 1 is 0.889 bits per heavy atom. The zero-order valence-corrected chi connectivity index (χ0v) is 14.3. The SMILES string of the molecule is CC(=O)c1cccc(Nc2ccc(C(=O)Nc3ccc(F)c(F)c3)cn2)c1. The zero-order valence-electron chi connectivity index (χ0n) is 14.3. The van der Waals surface area contributed by atoms with Crippen LogP contribution < -0.4 is 10.6 Å².